The van der Waals surface area contributed by atoms with Crippen molar-refractivity contribution >= 4 is 28.3 Å². The van der Waals surface area contributed by atoms with E-state index in [0.717, 1.165) is 22.3 Å². The lowest BCUT2D eigenvalue weighted by Crippen LogP contribution is -1.96. The quantitative estimate of drug-likeness (QED) is 0.869. The molecule has 2 rings (SSSR count). The summed E-state index contributed by atoms with van der Waals surface area (Å²) in [5, 5.41) is 4.68. The summed E-state index contributed by atoms with van der Waals surface area (Å²) < 4.78 is 5.16. The maximum Gasteiger partial charge on any atom is 0.139 e. The number of hydrogen-bond acceptors (Lipinski definition) is 3. The van der Waals surface area contributed by atoms with Crippen LogP contribution in [0.15, 0.2) is 18.2 Å². The van der Waals surface area contributed by atoms with Gasteiger partial charge in [-0.3, -0.25) is 0 Å². The van der Waals surface area contributed by atoms with Gasteiger partial charge in [0.1, 0.15) is 11.6 Å². The molecule has 1 aromatic heterocycles. The maximum absolute atomic E-state index is 6.06. The smallest absolute Gasteiger partial charge is 0.139 e. The third-order valence-electron chi connectivity index (χ3n) is 2.52. The average Bonchev–Trinajstić information content (AvgIpc) is 2.27. The van der Waals surface area contributed by atoms with Crippen LogP contribution in [-0.4, -0.2) is 19.1 Å². The number of hydrogen-bond donors (Lipinski definition) is 1. The number of halogens is 1. The van der Waals surface area contributed by atoms with E-state index in [-0.39, 0.29) is 0 Å². The minimum absolute atomic E-state index is 0.605. The molecule has 0 aliphatic rings. The molecule has 0 saturated carbocycles. The number of aryl methyl sites for hydroxylation is 1. The van der Waals surface area contributed by atoms with Gasteiger partial charge in [-0.1, -0.05) is 11.6 Å². The van der Waals surface area contributed by atoms with Crippen LogP contribution in [0.1, 0.15) is 5.56 Å². The van der Waals surface area contributed by atoms with Crippen LogP contribution in [0.5, 0.6) is 5.75 Å². The number of ether oxygens (including phenoxy) is 1. The molecule has 0 saturated heterocycles. The summed E-state index contributed by atoms with van der Waals surface area (Å²) in [5.41, 5.74) is 1.97. The van der Waals surface area contributed by atoms with Crippen molar-refractivity contribution in [3.05, 3.63) is 28.8 Å². The molecule has 0 fully saturated rings. The molecule has 84 valence electrons. The van der Waals surface area contributed by atoms with E-state index >= 15 is 0 Å². The van der Waals surface area contributed by atoms with Crippen molar-refractivity contribution in [2.45, 2.75) is 6.92 Å². The fraction of sp³-hybridized carbons (Fsp3) is 0.250. The fourth-order valence-electron chi connectivity index (χ4n) is 1.69. The van der Waals surface area contributed by atoms with Crippen molar-refractivity contribution < 1.29 is 4.74 Å². The molecule has 2 aromatic rings. The lowest BCUT2D eigenvalue weighted by atomic mass is 10.1. The molecule has 0 atom stereocenters. The molecule has 1 N–H and O–H groups in total. The Morgan fingerprint density at radius 2 is 2.06 bits per heavy atom. The molecule has 0 radical (unpaired) electrons. The first-order valence-electron chi connectivity index (χ1n) is 4.98. The van der Waals surface area contributed by atoms with Gasteiger partial charge in [-0.15, -0.1) is 0 Å². The van der Waals surface area contributed by atoms with Gasteiger partial charge < -0.3 is 10.1 Å². The van der Waals surface area contributed by atoms with Crippen molar-refractivity contribution in [1.82, 2.24) is 4.98 Å². The molecular weight excluding hydrogens is 224 g/mol. The van der Waals surface area contributed by atoms with Gasteiger partial charge in [0, 0.05) is 18.5 Å². The minimum atomic E-state index is 0.605. The molecule has 16 heavy (non-hydrogen) atoms. The summed E-state index contributed by atoms with van der Waals surface area (Å²) in [6, 6.07) is 5.77. The highest BCUT2D eigenvalue weighted by molar-refractivity contribution is 6.32. The van der Waals surface area contributed by atoms with Crippen LogP contribution >= 0.6 is 11.6 Å². The van der Waals surface area contributed by atoms with Crippen LogP contribution < -0.4 is 10.1 Å². The SMILES string of the molecule is CNc1nc2cc(OC)c(Cl)cc2cc1C. The zero-order chi connectivity index (χ0) is 11.7. The Balaban J connectivity index is 2.71. The zero-order valence-electron chi connectivity index (χ0n) is 9.47. The molecule has 0 amide bonds. The summed E-state index contributed by atoms with van der Waals surface area (Å²) in [6.07, 6.45) is 0. The number of anilines is 1. The van der Waals surface area contributed by atoms with Crippen LogP contribution in [-0.2, 0) is 0 Å². The molecule has 0 aliphatic carbocycles. The number of fused-ring (bicyclic) bond motifs is 1. The predicted octanol–water partition coefficient (Wildman–Crippen LogP) is 3.25. The topological polar surface area (TPSA) is 34.2 Å². The highest BCUT2D eigenvalue weighted by atomic mass is 35.5. The maximum atomic E-state index is 6.06. The van der Waals surface area contributed by atoms with E-state index in [1.54, 1.807) is 7.11 Å². The molecule has 0 bridgehead atoms. The standard InChI is InChI=1S/C12H13ClN2O/c1-7-4-8-5-9(13)11(16-3)6-10(8)15-12(7)14-2/h4-6H,1-3H3,(H,14,15). The highest BCUT2D eigenvalue weighted by Crippen LogP contribution is 2.30. The van der Waals surface area contributed by atoms with Crippen LogP contribution in [0.25, 0.3) is 10.9 Å². The largest absolute Gasteiger partial charge is 0.495 e. The van der Waals surface area contributed by atoms with Crippen LogP contribution in [0.4, 0.5) is 5.82 Å². The molecule has 1 aromatic carbocycles. The minimum Gasteiger partial charge on any atom is -0.495 e. The van der Waals surface area contributed by atoms with E-state index in [2.05, 4.69) is 16.4 Å². The first kappa shape index (κ1) is 11.0. The second-order valence-electron chi connectivity index (χ2n) is 3.58. The molecule has 1 heterocycles. The summed E-state index contributed by atoms with van der Waals surface area (Å²) in [7, 11) is 3.45. The van der Waals surface area contributed by atoms with E-state index in [4.69, 9.17) is 16.3 Å². The number of aromatic nitrogens is 1. The van der Waals surface area contributed by atoms with Crippen molar-refractivity contribution in [1.29, 1.82) is 0 Å². The van der Waals surface area contributed by atoms with E-state index in [1.807, 2.05) is 26.1 Å². The van der Waals surface area contributed by atoms with Gasteiger partial charge in [-0.25, -0.2) is 4.98 Å². The Bertz CT molecular complexity index is 495. The van der Waals surface area contributed by atoms with Crippen LogP contribution in [0.3, 0.4) is 0 Å². The molecule has 4 heteroatoms. The van der Waals surface area contributed by atoms with Crippen molar-refractivity contribution in [3.63, 3.8) is 0 Å². The Hall–Kier alpha value is -1.48. The Morgan fingerprint density at radius 1 is 1.31 bits per heavy atom. The summed E-state index contributed by atoms with van der Waals surface area (Å²) in [4.78, 5) is 4.49. The lowest BCUT2D eigenvalue weighted by molar-refractivity contribution is 0.415. The van der Waals surface area contributed by atoms with Crippen LogP contribution in [0, 0.1) is 6.92 Å². The predicted molar refractivity (Wildman–Crippen MR) is 67.6 cm³/mol. The van der Waals surface area contributed by atoms with E-state index in [9.17, 15) is 0 Å². The van der Waals surface area contributed by atoms with Gasteiger partial charge in [0.25, 0.3) is 0 Å². The van der Waals surface area contributed by atoms with Gasteiger partial charge >= 0.3 is 0 Å². The van der Waals surface area contributed by atoms with Crippen molar-refractivity contribution in [2.75, 3.05) is 19.5 Å². The fourth-order valence-corrected chi connectivity index (χ4v) is 1.94. The Labute approximate surface area is 99.4 Å². The molecule has 0 aliphatic heterocycles. The second-order valence-corrected chi connectivity index (χ2v) is 3.99. The Kier molecular flexibility index (Phi) is 2.88. The van der Waals surface area contributed by atoms with Crippen LogP contribution in [0.2, 0.25) is 5.02 Å². The first-order chi connectivity index (χ1) is 7.65. The van der Waals surface area contributed by atoms with Gasteiger partial charge in [0.05, 0.1) is 17.6 Å². The van der Waals surface area contributed by atoms with E-state index in [1.165, 1.54) is 0 Å². The monoisotopic (exact) mass is 236 g/mol. The summed E-state index contributed by atoms with van der Waals surface area (Å²) in [5.74, 6) is 1.52. The summed E-state index contributed by atoms with van der Waals surface area (Å²) in [6.45, 7) is 2.01. The molecular formula is C12H13ClN2O. The van der Waals surface area contributed by atoms with Gasteiger partial charge in [0.2, 0.25) is 0 Å². The number of benzene rings is 1. The number of nitrogens with one attached hydrogen (secondary N) is 1. The number of pyridine rings is 1. The first-order valence-corrected chi connectivity index (χ1v) is 5.36. The molecule has 3 nitrogen and oxygen atoms in total. The third-order valence-corrected chi connectivity index (χ3v) is 2.81. The zero-order valence-corrected chi connectivity index (χ0v) is 10.2. The van der Waals surface area contributed by atoms with E-state index < -0.39 is 0 Å². The average molecular weight is 237 g/mol. The van der Waals surface area contributed by atoms with Crippen molar-refractivity contribution in [3.8, 4) is 5.75 Å². The number of nitrogens with zero attached hydrogens (tertiary/aromatic N) is 1. The van der Waals surface area contributed by atoms with Gasteiger partial charge in [0.15, 0.2) is 0 Å². The molecule has 0 unspecified atom stereocenters. The Morgan fingerprint density at radius 3 is 2.69 bits per heavy atom. The second kappa shape index (κ2) is 4.18. The number of rotatable bonds is 2. The number of methoxy groups -OCH3 is 1. The lowest BCUT2D eigenvalue weighted by Gasteiger charge is -2.09. The molecule has 0 spiro atoms. The highest BCUT2D eigenvalue weighted by Gasteiger charge is 2.06. The van der Waals surface area contributed by atoms with E-state index in [0.29, 0.717) is 10.8 Å². The van der Waals surface area contributed by atoms with Gasteiger partial charge in [-0.2, -0.15) is 0 Å². The summed E-state index contributed by atoms with van der Waals surface area (Å²) >= 11 is 6.06. The van der Waals surface area contributed by atoms with Gasteiger partial charge in [-0.05, 0) is 24.6 Å². The third kappa shape index (κ3) is 1.78. The normalized spacial score (nSPS) is 10.5. The van der Waals surface area contributed by atoms with Crippen molar-refractivity contribution in [2.24, 2.45) is 0 Å².